The first-order valence-corrected chi connectivity index (χ1v) is 40.9. The molecule has 1 amide bonds. The Morgan fingerprint density at radius 1 is 0.372 bits per heavy atom. The third kappa shape index (κ3) is 47.7. The van der Waals surface area contributed by atoms with Crippen molar-refractivity contribution >= 4 is 5.91 Å². The fourth-order valence-corrected chi connectivity index (χ4v) is 14.0. The van der Waals surface area contributed by atoms with Gasteiger partial charge in [0.1, 0.15) is 48.8 Å². The number of carbonyl (C=O) groups is 1. The second-order valence-corrected chi connectivity index (χ2v) is 29.3. The number of hydrogen-bond acceptors (Lipinski definition) is 13. The molecule has 2 fully saturated rings. The van der Waals surface area contributed by atoms with Gasteiger partial charge < -0.3 is 65.1 Å². The van der Waals surface area contributed by atoms with E-state index in [1.807, 2.05) is 6.08 Å². The van der Waals surface area contributed by atoms with Crippen molar-refractivity contribution in [2.45, 2.75) is 473 Å². The molecule has 0 saturated carbocycles. The van der Waals surface area contributed by atoms with Gasteiger partial charge in [0.15, 0.2) is 12.6 Å². The number of aliphatic hydroxyl groups excluding tert-OH is 8. The summed E-state index contributed by atoms with van der Waals surface area (Å²) in [7, 11) is 0. The van der Waals surface area contributed by atoms with Crippen LogP contribution in [0.15, 0.2) is 12.2 Å². The lowest BCUT2D eigenvalue weighted by Gasteiger charge is -2.46. The molecular weight excluding hydrogens is 1180 g/mol. The molecule has 558 valence electrons. The maximum absolute atomic E-state index is 13.4. The van der Waals surface area contributed by atoms with Crippen molar-refractivity contribution in [3.8, 4) is 0 Å². The van der Waals surface area contributed by atoms with E-state index in [1.54, 1.807) is 6.08 Å². The Labute approximate surface area is 577 Å². The van der Waals surface area contributed by atoms with E-state index in [0.717, 1.165) is 44.9 Å². The highest BCUT2D eigenvalue weighted by Crippen LogP contribution is 2.30. The molecule has 0 aromatic carbocycles. The first-order chi connectivity index (χ1) is 46.1. The second-order valence-electron chi connectivity index (χ2n) is 29.3. The van der Waals surface area contributed by atoms with Gasteiger partial charge in [0.2, 0.25) is 5.91 Å². The molecule has 0 spiro atoms. The molecule has 14 nitrogen and oxygen atoms in total. The normalized spacial score (nSPS) is 22.4. The predicted octanol–water partition coefficient (Wildman–Crippen LogP) is 18.5. The number of unbranched alkanes of at least 4 members (excludes halogenated alkanes) is 57. The van der Waals surface area contributed by atoms with Crippen LogP contribution in [0.5, 0.6) is 0 Å². The summed E-state index contributed by atoms with van der Waals surface area (Å²) in [5.74, 6) is -0.229. The third-order valence-electron chi connectivity index (χ3n) is 20.5. The standard InChI is InChI=1S/C80H155NO13/c1-3-5-7-9-11-13-15-17-19-21-23-25-27-28-29-30-31-32-33-34-35-36-37-38-39-40-41-42-44-46-48-50-52-54-56-58-60-62-64-72(85)81-68(67-91-79-77(90)75(88)78(71(66-83)93-79)94-80-76(89)74(87)73(86)70(65-82)92-80)69(84)63-61-59-57-55-53-51-49-47-45-43-26-24-22-20-18-16-14-12-10-8-6-4-2/h61,63,68-71,73-80,82-84,86-90H,3-60,62,64-67H2,1-2H3,(H,81,85)/b63-61+. The number of ether oxygens (including phenoxy) is 4. The van der Waals surface area contributed by atoms with Crippen LogP contribution < -0.4 is 5.32 Å². The Morgan fingerprint density at radius 3 is 0.979 bits per heavy atom. The summed E-state index contributed by atoms with van der Waals surface area (Å²) in [6.45, 7) is 2.88. The smallest absolute Gasteiger partial charge is 0.220 e. The molecule has 2 saturated heterocycles. The van der Waals surface area contributed by atoms with Crippen LogP contribution in [0.2, 0.25) is 0 Å². The van der Waals surface area contributed by atoms with Gasteiger partial charge in [0, 0.05) is 6.42 Å². The van der Waals surface area contributed by atoms with Crippen LogP contribution in [0, 0.1) is 0 Å². The summed E-state index contributed by atoms with van der Waals surface area (Å²) in [6, 6.07) is -0.912. The van der Waals surface area contributed by atoms with Crippen molar-refractivity contribution in [2.75, 3.05) is 19.8 Å². The molecule has 12 unspecified atom stereocenters. The summed E-state index contributed by atoms with van der Waals surface area (Å²) in [4.78, 5) is 13.4. The number of carbonyl (C=O) groups excluding carboxylic acids is 1. The van der Waals surface area contributed by atoms with Gasteiger partial charge in [-0.05, 0) is 19.3 Å². The molecular formula is C80H155NO13. The zero-order valence-corrected chi connectivity index (χ0v) is 61.2. The molecule has 0 aromatic rings. The molecule has 0 bridgehead atoms. The Bertz CT molecular complexity index is 1620. The van der Waals surface area contributed by atoms with Crippen LogP contribution in [-0.4, -0.2) is 140 Å². The van der Waals surface area contributed by atoms with E-state index >= 15 is 0 Å². The molecule has 2 rings (SSSR count). The maximum atomic E-state index is 13.4. The predicted molar refractivity (Wildman–Crippen MR) is 388 cm³/mol. The number of hydrogen-bond donors (Lipinski definition) is 9. The van der Waals surface area contributed by atoms with Gasteiger partial charge in [-0.15, -0.1) is 0 Å². The quantitative estimate of drug-likeness (QED) is 0.0204. The summed E-state index contributed by atoms with van der Waals surface area (Å²) in [6.07, 6.45) is 66.0. The lowest BCUT2D eigenvalue weighted by molar-refractivity contribution is -0.359. The first kappa shape index (κ1) is 88.8. The Hall–Kier alpha value is -1.27. The van der Waals surface area contributed by atoms with E-state index in [1.165, 1.54) is 334 Å². The molecule has 2 aliphatic rings. The van der Waals surface area contributed by atoms with Crippen LogP contribution in [0.25, 0.3) is 0 Å². The summed E-state index contributed by atoms with van der Waals surface area (Å²) < 4.78 is 22.9. The van der Waals surface area contributed by atoms with Gasteiger partial charge in [0.25, 0.3) is 0 Å². The van der Waals surface area contributed by atoms with Gasteiger partial charge in [-0.2, -0.15) is 0 Å². The van der Waals surface area contributed by atoms with Crippen LogP contribution in [0.1, 0.15) is 399 Å². The minimum absolute atomic E-state index is 0.229. The molecule has 14 heteroatoms. The molecule has 2 heterocycles. The van der Waals surface area contributed by atoms with Gasteiger partial charge in [-0.3, -0.25) is 4.79 Å². The fourth-order valence-electron chi connectivity index (χ4n) is 14.0. The molecule has 9 N–H and O–H groups in total. The summed E-state index contributed by atoms with van der Waals surface area (Å²) >= 11 is 0. The van der Waals surface area contributed by atoms with E-state index in [0.29, 0.717) is 0 Å². The van der Waals surface area contributed by atoms with Crippen molar-refractivity contribution < 1.29 is 64.6 Å². The highest BCUT2D eigenvalue weighted by Gasteiger charge is 2.51. The lowest BCUT2D eigenvalue weighted by Crippen LogP contribution is -2.65. The first-order valence-electron chi connectivity index (χ1n) is 40.9. The van der Waals surface area contributed by atoms with Crippen molar-refractivity contribution in [1.82, 2.24) is 5.32 Å². The van der Waals surface area contributed by atoms with Crippen LogP contribution in [0.3, 0.4) is 0 Å². The largest absolute Gasteiger partial charge is 0.394 e. The van der Waals surface area contributed by atoms with Gasteiger partial charge in [0.05, 0.1) is 32.0 Å². The van der Waals surface area contributed by atoms with E-state index in [2.05, 4.69) is 19.2 Å². The van der Waals surface area contributed by atoms with Gasteiger partial charge >= 0.3 is 0 Å². The van der Waals surface area contributed by atoms with Crippen molar-refractivity contribution in [1.29, 1.82) is 0 Å². The molecule has 12 atom stereocenters. The minimum atomic E-state index is -1.79. The lowest BCUT2D eigenvalue weighted by atomic mass is 9.97. The number of nitrogens with one attached hydrogen (secondary N) is 1. The minimum Gasteiger partial charge on any atom is -0.394 e. The average Bonchev–Trinajstić information content (AvgIpc) is 0.794. The number of rotatable bonds is 70. The molecule has 0 radical (unpaired) electrons. The Morgan fingerprint density at radius 2 is 0.660 bits per heavy atom. The fraction of sp³-hybridized carbons (Fsp3) is 0.963. The van der Waals surface area contributed by atoms with E-state index in [4.69, 9.17) is 18.9 Å². The Kier molecular flexibility index (Phi) is 61.5. The van der Waals surface area contributed by atoms with E-state index < -0.39 is 86.8 Å². The number of amides is 1. The van der Waals surface area contributed by atoms with Crippen molar-refractivity contribution in [3.63, 3.8) is 0 Å². The maximum Gasteiger partial charge on any atom is 0.220 e. The highest BCUT2D eigenvalue weighted by atomic mass is 16.7. The summed E-state index contributed by atoms with van der Waals surface area (Å²) in [5.41, 5.74) is 0. The molecule has 2 aliphatic heterocycles. The topological polar surface area (TPSA) is 228 Å². The zero-order valence-electron chi connectivity index (χ0n) is 61.2. The monoisotopic (exact) mass is 1340 g/mol. The van der Waals surface area contributed by atoms with Gasteiger partial charge in [-0.25, -0.2) is 0 Å². The zero-order chi connectivity index (χ0) is 68.0. The summed E-state index contributed by atoms with van der Waals surface area (Å²) in [5, 5.41) is 87.6. The average molecular weight is 1340 g/mol. The number of aliphatic hydroxyl groups is 8. The van der Waals surface area contributed by atoms with Gasteiger partial charge in [-0.1, -0.05) is 386 Å². The molecule has 0 aliphatic carbocycles. The SMILES string of the molecule is CCCCCCCCCCCCCCCCCCCCCC/C=C/C(O)C(COC1OC(CO)C(OC2OC(CO)C(O)C(O)C2O)C(O)C1O)NC(=O)CCCCCCCCCCCCCCCCCCCCCCCCCCCCCCCCCCCCCCCC. The van der Waals surface area contributed by atoms with Crippen LogP contribution in [0.4, 0.5) is 0 Å². The second kappa shape index (κ2) is 65.1. The van der Waals surface area contributed by atoms with Crippen molar-refractivity contribution in [3.05, 3.63) is 12.2 Å². The highest BCUT2D eigenvalue weighted by molar-refractivity contribution is 5.76. The molecule has 94 heavy (non-hydrogen) atoms. The van der Waals surface area contributed by atoms with E-state index in [-0.39, 0.29) is 18.9 Å². The number of allylic oxidation sites excluding steroid dienone is 1. The van der Waals surface area contributed by atoms with E-state index in [9.17, 15) is 45.6 Å². The van der Waals surface area contributed by atoms with Crippen LogP contribution in [-0.2, 0) is 23.7 Å². The Balaban J connectivity index is 1.57. The third-order valence-corrected chi connectivity index (χ3v) is 20.5. The molecule has 0 aromatic heterocycles. The van der Waals surface area contributed by atoms with Crippen molar-refractivity contribution in [2.24, 2.45) is 0 Å². The van der Waals surface area contributed by atoms with Crippen LogP contribution >= 0.6 is 0 Å².